The predicted molar refractivity (Wildman–Crippen MR) is 87.2 cm³/mol. The van der Waals surface area contributed by atoms with E-state index in [4.69, 9.17) is 5.73 Å². The number of rotatable bonds is 6. The van der Waals surface area contributed by atoms with E-state index in [1.807, 2.05) is 48.5 Å². The van der Waals surface area contributed by atoms with Crippen molar-refractivity contribution in [2.75, 3.05) is 5.32 Å². The Kier molecular flexibility index (Phi) is 4.46. The van der Waals surface area contributed by atoms with Crippen LogP contribution in [0.5, 0.6) is 0 Å². The van der Waals surface area contributed by atoms with Crippen LogP contribution in [0.3, 0.4) is 0 Å². The van der Waals surface area contributed by atoms with Crippen molar-refractivity contribution in [3.63, 3.8) is 0 Å². The van der Waals surface area contributed by atoms with Crippen molar-refractivity contribution in [1.82, 2.24) is 15.2 Å². The SMILES string of the molecule is NC(Cc1ccccc1)c1n[nH]c(CNc2ccccc2)n1. The molecule has 0 aliphatic rings. The smallest absolute Gasteiger partial charge is 0.167 e. The van der Waals surface area contributed by atoms with Gasteiger partial charge in [0.1, 0.15) is 5.82 Å². The van der Waals surface area contributed by atoms with Gasteiger partial charge in [-0.1, -0.05) is 48.5 Å². The Morgan fingerprint density at radius 3 is 2.41 bits per heavy atom. The van der Waals surface area contributed by atoms with E-state index in [2.05, 4.69) is 32.6 Å². The average molecular weight is 293 g/mol. The molecule has 112 valence electrons. The van der Waals surface area contributed by atoms with E-state index in [0.717, 1.165) is 17.9 Å². The summed E-state index contributed by atoms with van der Waals surface area (Å²) in [5.74, 6) is 1.43. The minimum absolute atomic E-state index is 0.205. The lowest BCUT2D eigenvalue weighted by Gasteiger charge is -2.07. The lowest BCUT2D eigenvalue weighted by molar-refractivity contribution is 0.670. The van der Waals surface area contributed by atoms with Gasteiger partial charge in [0.05, 0.1) is 12.6 Å². The number of benzene rings is 2. The van der Waals surface area contributed by atoms with Crippen LogP contribution < -0.4 is 11.1 Å². The normalized spacial score (nSPS) is 12.0. The molecule has 3 aromatic rings. The second-order valence-corrected chi connectivity index (χ2v) is 5.16. The number of H-pyrrole nitrogens is 1. The molecule has 4 N–H and O–H groups in total. The van der Waals surface area contributed by atoms with Gasteiger partial charge in [-0.25, -0.2) is 4.98 Å². The van der Waals surface area contributed by atoms with Crippen LogP contribution in [0.2, 0.25) is 0 Å². The number of anilines is 1. The Bertz CT molecular complexity index is 693. The molecule has 1 unspecified atom stereocenters. The Balaban J connectivity index is 1.58. The third kappa shape index (κ3) is 3.71. The zero-order valence-corrected chi connectivity index (χ0v) is 12.2. The first-order valence-electron chi connectivity index (χ1n) is 7.31. The summed E-state index contributed by atoms with van der Waals surface area (Å²) in [5, 5.41) is 10.5. The van der Waals surface area contributed by atoms with Crippen molar-refractivity contribution in [3.8, 4) is 0 Å². The van der Waals surface area contributed by atoms with Crippen LogP contribution in [0.4, 0.5) is 5.69 Å². The first kappa shape index (κ1) is 14.3. The van der Waals surface area contributed by atoms with Crippen LogP contribution in [0.1, 0.15) is 23.3 Å². The van der Waals surface area contributed by atoms with E-state index in [1.54, 1.807) is 0 Å². The Hall–Kier alpha value is -2.66. The lowest BCUT2D eigenvalue weighted by Crippen LogP contribution is -2.15. The molecule has 5 heteroatoms. The summed E-state index contributed by atoms with van der Waals surface area (Å²) in [6.07, 6.45) is 0.726. The molecule has 3 rings (SSSR count). The number of nitrogens with one attached hydrogen (secondary N) is 2. The summed E-state index contributed by atoms with van der Waals surface area (Å²) in [5.41, 5.74) is 8.42. The minimum atomic E-state index is -0.205. The van der Waals surface area contributed by atoms with E-state index in [1.165, 1.54) is 5.56 Å². The molecular weight excluding hydrogens is 274 g/mol. The van der Waals surface area contributed by atoms with Gasteiger partial charge in [-0.05, 0) is 24.1 Å². The molecule has 0 saturated carbocycles. The molecule has 0 aliphatic heterocycles. The molecule has 1 atom stereocenters. The number of nitrogens with zero attached hydrogens (tertiary/aromatic N) is 2. The quantitative estimate of drug-likeness (QED) is 0.653. The largest absolute Gasteiger partial charge is 0.378 e. The zero-order chi connectivity index (χ0) is 15.2. The molecule has 0 bridgehead atoms. The first-order valence-corrected chi connectivity index (χ1v) is 7.31. The highest BCUT2D eigenvalue weighted by molar-refractivity contribution is 5.42. The Morgan fingerprint density at radius 1 is 1.00 bits per heavy atom. The maximum Gasteiger partial charge on any atom is 0.167 e. The molecule has 0 spiro atoms. The summed E-state index contributed by atoms with van der Waals surface area (Å²) in [4.78, 5) is 4.47. The standard InChI is InChI=1S/C17H19N5/c18-15(11-13-7-3-1-4-8-13)17-20-16(21-22-17)12-19-14-9-5-2-6-10-14/h1-10,15,19H,11-12,18H2,(H,20,21,22). The molecule has 0 amide bonds. The van der Waals surface area contributed by atoms with Crippen LogP contribution in [0.25, 0.3) is 0 Å². The molecule has 1 heterocycles. The van der Waals surface area contributed by atoms with Crippen LogP contribution in [-0.4, -0.2) is 15.2 Å². The molecule has 0 radical (unpaired) electrons. The molecule has 2 aromatic carbocycles. The average Bonchev–Trinajstić information content (AvgIpc) is 3.04. The van der Waals surface area contributed by atoms with Crippen molar-refractivity contribution >= 4 is 5.69 Å². The maximum absolute atomic E-state index is 6.18. The summed E-state index contributed by atoms with van der Waals surface area (Å²) in [7, 11) is 0. The van der Waals surface area contributed by atoms with Gasteiger partial charge in [0.25, 0.3) is 0 Å². The Labute approximate surface area is 129 Å². The molecule has 0 fully saturated rings. The topological polar surface area (TPSA) is 79.6 Å². The van der Waals surface area contributed by atoms with Crippen LogP contribution in [0, 0.1) is 0 Å². The number of hydrogen-bond acceptors (Lipinski definition) is 4. The van der Waals surface area contributed by atoms with Crippen LogP contribution in [-0.2, 0) is 13.0 Å². The molecule has 5 nitrogen and oxygen atoms in total. The van der Waals surface area contributed by atoms with Gasteiger partial charge in [0.15, 0.2) is 5.82 Å². The Morgan fingerprint density at radius 2 is 1.68 bits per heavy atom. The summed E-state index contributed by atoms with van der Waals surface area (Å²) >= 11 is 0. The van der Waals surface area contributed by atoms with Crippen molar-refractivity contribution in [1.29, 1.82) is 0 Å². The fourth-order valence-corrected chi connectivity index (χ4v) is 2.26. The van der Waals surface area contributed by atoms with Crippen molar-refractivity contribution < 1.29 is 0 Å². The van der Waals surface area contributed by atoms with Gasteiger partial charge in [-0.2, -0.15) is 5.10 Å². The van der Waals surface area contributed by atoms with E-state index >= 15 is 0 Å². The van der Waals surface area contributed by atoms with Crippen molar-refractivity contribution in [3.05, 3.63) is 77.9 Å². The van der Waals surface area contributed by atoms with Crippen LogP contribution in [0.15, 0.2) is 60.7 Å². The van der Waals surface area contributed by atoms with Crippen molar-refractivity contribution in [2.45, 2.75) is 19.0 Å². The zero-order valence-electron chi connectivity index (χ0n) is 12.2. The third-order valence-corrected chi connectivity index (χ3v) is 3.41. The fraction of sp³-hybridized carbons (Fsp3) is 0.176. The summed E-state index contributed by atoms with van der Waals surface area (Å²) < 4.78 is 0. The van der Waals surface area contributed by atoms with Crippen LogP contribution >= 0.6 is 0 Å². The molecular formula is C17H19N5. The van der Waals surface area contributed by atoms with Gasteiger partial charge in [0, 0.05) is 5.69 Å². The molecule has 22 heavy (non-hydrogen) atoms. The number of aromatic nitrogens is 3. The number of nitrogens with two attached hydrogens (primary N) is 1. The van der Waals surface area contributed by atoms with Gasteiger partial charge >= 0.3 is 0 Å². The van der Waals surface area contributed by atoms with Crippen molar-refractivity contribution in [2.24, 2.45) is 5.73 Å². The van der Waals surface area contributed by atoms with Gasteiger partial charge in [0.2, 0.25) is 0 Å². The lowest BCUT2D eigenvalue weighted by atomic mass is 10.1. The van der Waals surface area contributed by atoms with E-state index in [9.17, 15) is 0 Å². The number of para-hydroxylation sites is 1. The number of aromatic amines is 1. The molecule has 0 saturated heterocycles. The second kappa shape index (κ2) is 6.87. The van der Waals surface area contributed by atoms with Gasteiger partial charge in [-0.15, -0.1) is 0 Å². The summed E-state index contributed by atoms with van der Waals surface area (Å²) in [6.45, 7) is 0.592. The van der Waals surface area contributed by atoms with E-state index < -0.39 is 0 Å². The predicted octanol–water partition coefficient (Wildman–Crippen LogP) is 2.66. The third-order valence-electron chi connectivity index (χ3n) is 3.41. The highest BCUT2D eigenvalue weighted by atomic mass is 15.2. The highest BCUT2D eigenvalue weighted by Crippen LogP contribution is 2.13. The van der Waals surface area contributed by atoms with Gasteiger partial charge in [-0.3, -0.25) is 5.10 Å². The van der Waals surface area contributed by atoms with Gasteiger partial charge < -0.3 is 11.1 Å². The summed E-state index contributed by atoms with van der Waals surface area (Å²) in [6, 6.07) is 19.9. The fourth-order valence-electron chi connectivity index (χ4n) is 2.26. The molecule has 1 aromatic heterocycles. The van der Waals surface area contributed by atoms with E-state index in [0.29, 0.717) is 12.4 Å². The second-order valence-electron chi connectivity index (χ2n) is 5.16. The first-order chi connectivity index (χ1) is 10.8. The number of hydrogen-bond donors (Lipinski definition) is 3. The minimum Gasteiger partial charge on any atom is -0.378 e. The molecule has 0 aliphatic carbocycles. The maximum atomic E-state index is 6.18. The van der Waals surface area contributed by atoms with E-state index in [-0.39, 0.29) is 6.04 Å². The highest BCUT2D eigenvalue weighted by Gasteiger charge is 2.12. The monoisotopic (exact) mass is 293 g/mol.